The minimum Gasteiger partial charge on any atom is -0.492 e. The average Bonchev–Trinajstić information content (AvgIpc) is 3.00. The third-order valence-electron chi connectivity index (χ3n) is 6.69. The van der Waals surface area contributed by atoms with Crippen molar-refractivity contribution >= 4 is 62.5 Å². The lowest BCUT2D eigenvalue weighted by Crippen LogP contribution is -2.52. The van der Waals surface area contributed by atoms with Crippen LogP contribution in [0.4, 0.5) is 5.69 Å². The molecule has 43 heavy (non-hydrogen) atoms. The minimum absolute atomic E-state index is 0.0119. The fourth-order valence-corrected chi connectivity index (χ4v) is 6.82. The Bertz CT molecular complexity index is 1480. The number of sulfonamides is 1. The van der Waals surface area contributed by atoms with E-state index in [1.54, 1.807) is 68.4 Å². The van der Waals surface area contributed by atoms with Crippen molar-refractivity contribution in [3.8, 4) is 5.75 Å². The van der Waals surface area contributed by atoms with Crippen LogP contribution < -0.4 is 14.4 Å². The Kier molecular flexibility index (Phi) is 13.1. The maximum Gasteiger partial charge on any atom is 0.264 e. The van der Waals surface area contributed by atoms with E-state index in [1.807, 2.05) is 13.2 Å². The number of amides is 2. The van der Waals surface area contributed by atoms with Gasteiger partial charge in [-0.3, -0.25) is 13.9 Å². The molecule has 1 unspecified atom stereocenters. The number of ether oxygens (including phenoxy) is 1. The van der Waals surface area contributed by atoms with Crippen LogP contribution in [0.3, 0.4) is 0 Å². The fourth-order valence-electron chi connectivity index (χ4n) is 4.47. The number of benzene rings is 3. The van der Waals surface area contributed by atoms with Crippen molar-refractivity contribution in [1.29, 1.82) is 0 Å². The molecule has 0 saturated heterocycles. The van der Waals surface area contributed by atoms with E-state index < -0.39 is 28.5 Å². The van der Waals surface area contributed by atoms with Crippen LogP contribution in [0, 0.1) is 0 Å². The number of para-hydroxylation sites is 2. The summed E-state index contributed by atoms with van der Waals surface area (Å²) >= 11 is 14.4. The molecule has 232 valence electrons. The number of nitrogens with one attached hydrogen (secondary N) is 1. The van der Waals surface area contributed by atoms with Crippen LogP contribution in [0.15, 0.2) is 76.5 Å². The summed E-state index contributed by atoms with van der Waals surface area (Å²) in [5.41, 5.74) is 0.656. The molecule has 0 saturated carbocycles. The molecule has 0 aromatic heterocycles. The van der Waals surface area contributed by atoms with Gasteiger partial charge in [0, 0.05) is 33.6 Å². The number of thioether (sulfide) groups is 1. The smallest absolute Gasteiger partial charge is 0.264 e. The van der Waals surface area contributed by atoms with E-state index in [0.29, 0.717) is 34.3 Å². The molecule has 0 radical (unpaired) electrons. The SMILES string of the molecule is CCCNC(=O)C(CC)N(Cc1c(Cl)cccc1Cl)C(=O)CN(c1ccccc1OCC)S(=O)(=O)c1ccc(SC)cc1. The number of anilines is 1. The third kappa shape index (κ3) is 8.59. The Morgan fingerprint density at radius 2 is 1.60 bits per heavy atom. The summed E-state index contributed by atoms with van der Waals surface area (Å²) in [6.45, 7) is 5.52. The fraction of sp³-hybridized carbons (Fsp3) is 0.355. The molecular weight excluding hydrogens is 629 g/mol. The van der Waals surface area contributed by atoms with Gasteiger partial charge in [-0.15, -0.1) is 11.8 Å². The number of hydrogen-bond donors (Lipinski definition) is 1. The molecule has 3 aromatic carbocycles. The lowest BCUT2D eigenvalue weighted by atomic mass is 10.1. The van der Waals surface area contributed by atoms with Crippen molar-refractivity contribution in [1.82, 2.24) is 10.2 Å². The van der Waals surface area contributed by atoms with Crippen LogP contribution in [-0.2, 0) is 26.2 Å². The van der Waals surface area contributed by atoms with E-state index in [9.17, 15) is 18.0 Å². The summed E-state index contributed by atoms with van der Waals surface area (Å²) in [5, 5.41) is 3.51. The van der Waals surface area contributed by atoms with Gasteiger partial charge in [0.15, 0.2) is 0 Å². The molecule has 1 atom stereocenters. The largest absolute Gasteiger partial charge is 0.492 e. The number of carbonyl (C=O) groups excluding carboxylic acids is 2. The van der Waals surface area contributed by atoms with Crippen LogP contribution in [-0.4, -0.2) is 57.1 Å². The molecule has 0 heterocycles. The molecule has 8 nitrogen and oxygen atoms in total. The zero-order valence-electron chi connectivity index (χ0n) is 24.7. The lowest BCUT2D eigenvalue weighted by molar-refractivity contribution is -0.140. The normalized spacial score (nSPS) is 12.0. The van der Waals surface area contributed by atoms with Gasteiger partial charge in [0.25, 0.3) is 10.0 Å². The summed E-state index contributed by atoms with van der Waals surface area (Å²) in [5.74, 6) is -0.654. The molecule has 0 aliphatic heterocycles. The van der Waals surface area contributed by atoms with Crippen molar-refractivity contribution in [3.63, 3.8) is 0 Å². The highest BCUT2D eigenvalue weighted by atomic mass is 35.5. The number of rotatable bonds is 15. The Labute approximate surface area is 268 Å². The first-order chi connectivity index (χ1) is 20.6. The standard InChI is InChI=1S/C31H37Cl2N3O5S2/c1-5-19-34-31(38)27(6-2)35(20-24-25(32)11-10-12-26(24)33)30(37)21-36(28-13-8-9-14-29(28)41-7-3)43(39,40)23-17-15-22(42-4)16-18-23/h8-18,27H,5-7,19-21H2,1-4H3,(H,34,38). The number of nitrogens with zero attached hydrogens (tertiary/aromatic N) is 2. The van der Waals surface area contributed by atoms with Crippen LogP contribution >= 0.6 is 35.0 Å². The van der Waals surface area contributed by atoms with E-state index in [0.717, 1.165) is 9.20 Å². The molecule has 1 N–H and O–H groups in total. The van der Waals surface area contributed by atoms with Gasteiger partial charge in [-0.05, 0) is 74.6 Å². The number of hydrogen-bond acceptors (Lipinski definition) is 6. The maximum atomic E-state index is 14.3. The van der Waals surface area contributed by atoms with Gasteiger partial charge in [-0.1, -0.05) is 55.2 Å². The monoisotopic (exact) mass is 665 g/mol. The van der Waals surface area contributed by atoms with Crippen LogP contribution in [0.25, 0.3) is 0 Å². The first-order valence-electron chi connectivity index (χ1n) is 14.0. The van der Waals surface area contributed by atoms with E-state index in [2.05, 4.69) is 5.32 Å². The van der Waals surface area contributed by atoms with Gasteiger partial charge in [0.05, 0.1) is 17.2 Å². The van der Waals surface area contributed by atoms with Gasteiger partial charge < -0.3 is 15.0 Å². The summed E-state index contributed by atoms with van der Waals surface area (Å²) in [6.07, 6.45) is 2.89. The third-order valence-corrected chi connectivity index (χ3v) is 9.91. The zero-order chi connectivity index (χ0) is 31.6. The van der Waals surface area contributed by atoms with Gasteiger partial charge >= 0.3 is 0 Å². The first kappa shape index (κ1) is 34.6. The topological polar surface area (TPSA) is 96.0 Å². The predicted molar refractivity (Wildman–Crippen MR) is 175 cm³/mol. The highest BCUT2D eigenvalue weighted by Crippen LogP contribution is 2.34. The lowest BCUT2D eigenvalue weighted by Gasteiger charge is -2.34. The Balaban J connectivity index is 2.14. The van der Waals surface area contributed by atoms with Crippen molar-refractivity contribution in [3.05, 3.63) is 82.3 Å². The summed E-state index contributed by atoms with van der Waals surface area (Å²) in [7, 11) is -4.26. The molecule has 0 aliphatic carbocycles. The molecular formula is C31H37Cl2N3O5S2. The van der Waals surface area contributed by atoms with Gasteiger partial charge in [-0.2, -0.15) is 0 Å². The van der Waals surface area contributed by atoms with Crippen molar-refractivity contribution in [2.24, 2.45) is 0 Å². The summed E-state index contributed by atoms with van der Waals surface area (Å²) in [6, 6.07) is 17.2. The second-order valence-corrected chi connectivity index (χ2v) is 13.1. The Morgan fingerprint density at radius 1 is 0.953 bits per heavy atom. The zero-order valence-corrected chi connectivity index (χ0v) is 27.8. The highest BCUT2D eigenvalue weighted by Gasteiger charge is 2.35. The summed E-state index contributed by atoms with van der Waals surface area (Å²) in [4.78, 5) is 29.8. The van der Waals surface area contributed by atoms with Gasteiger partial charge in [-0.25, -0.2) is 8.42 Å². The molecule has 0 bridgehead atoms. The van der Waals surface area contributed by atoms with E-state index in [-0.39, 0.29) is 36.1 Å². The number of halogens is 2. The molecule has 2 amide bonds. The van der Waals surface area contributed by atoms with Gasteiger partial charge in [0.2, 0.25) is 11.8 Å². The minimum atomic E-state index is -4.26. The van der Waals surface area contributed by atoms with E-state index in [1.165, 1.54) is 28.8 Å². The highest BCUT2D eigenvalue weighted by molar-refractivity contribution is 7.98. The predicted octanol–water partition coefficient (Wildman–Crippen LogP) is 6.64. The molecule has 0 spiro atoms. The Hall–Kier alpha value is -2.92. The Morgan fingerprint density at radius 3 is 2.19 bits per heavy atom. The average molecular weight is 667 g/mol. The molecule has 3 rings (SSSR count). The van der Waals surface area contributed by atoms with Crippen molar-refractivity contribution < 1.29 is 22.7 Å². The van der Waals surface area contributed by atoms with E-state index in [4.69, 9.17) is 27.9 Å². The maximum absolute atomic E-state index is 14.3. The second-order valence-electron chi connectivity index (χ2n) is 9.52. The summed E-state index contributed by atoms with van der Waals surface area (Å²) < 4.78 is 35.2. The number of carbonyl (C=O) groups is 2. The second kappa shape index (κ2) is 16.2. The van der Waals surface area contributed by atoms with Crippen LogP contribution in [0.2, 0.25) is 10.0 Å². The molecule has 12 heteroatoms. The van der Waals surface area contributed by atoms with Crippen LogP contribution in [0.1, 0.15) is 39.2 Å². The van der Waals surface area contributed by atoms with Crippen LogP contribution in [0.5, 0.6) is 5.75 Å². The van der Waals surface area contributed by atoms with E-state index >= 15 is 0 Å². The van der Waals surface area contributed by atoms with Gasteiger partial charge in [0.1, 0.15) is 18.3 Å². The quantitative estimate of drug-likeness (QED) is 0.183. The van der Waals surface area contributed by atoms with Crippen molar-refractivity contribution in [2.75, 3.05) is 30.3 Å². The molecule has 3 aromatic rings. The molecule has 0 fully saturated rings. The molecule has 0 aliphatic rings. The van der Waals surface area contributed by atoms with Crippen molar-refractivity contribution in [2.45, 2.75) is 56.0 Å². The first-order valence-corrected chi connectivity index (χ1v) is 17.4.